The van der Waals surface area contributed by atoms with Gasteiger partial charge >= 0.3 is 0 Å². The summed E-state index contributed by atoms with van der Waals surface area (Å²) < 4.78 is 5.32. The highest BCUT2D eigenvalue weighted by molar-refractivity contribution is 5.95. The molecule has 1 aliphatic heterocycles. The van der Waals surface area contributed by atoms with Gasteiger partial charge in [0.25, 0.3) is 11.6 Å². The van der Waals surface area contributed by atoms with Crippen LogP contribution in [0.4, 0.5) is 5.69 Å². The minimum Gasteiger partial charge on any atom is -0.384 e. The number of nitro benzene ring substituents is 1. The van der Waals surface area contributed by atoms with Crippen LogP contribution in [-0.2, 0) is 4.74 Å². The number of nitrogens with one attached hydrogen (secondary N) is 2. The number of piperidine rings is 1. The third-order valence-electron chi connectivity index (χ3n) is 4.27. The summed E-state index contributed by atoms with van der Waals surface area (Å²) in [6, 6.07) is 4.43. The second kappa shape index (κ2) is 7.52. The number of hydrogen-bond acceptors (Lipinski definition) is 5. The molecule has 7 heteroatoms. The fourth-order valence-electron chi connectivity index (χ4n) is 3.00. The number of nitrogens with zero attached hydrogens (tertiary/aromatic N) is 1. The number of methoxy groups -OCH3 is 1. The van der Waals surface area contributed by atoms with E-state index in [1.54, 1.807) is 20.1 Å². The Morgan fingerprint density at radius 3 is 2.70 bits per heavy atom. The van der Waals surface area contributed by atoms with Gasteiger partial charge in [-0.2, -0.15) is 0 Å². The van der Waals surface area contributed by atoms with E-state index in [4.69, 9.17) is 4.74 Å². The standard InChI is InChI=1S/C16H23N3O4/c1-12-7-13(9-14(8-12)19(21)22)15(20)18-10-16(11-23-2)3-5-17-6-4-16/h7-9,17H,3-6,10-11H2,1-2H3,(H,18,20). The number of amides is 1. The van der Waals surface area contributed by atoms with Crippen molar-refractivity contribution in [2.45, 2.75) is 19.8 Å². The Morgan fingerprint density at radius 1 is 1.39 bits per heavy atom. The maximum atomic E-state index is 12.4. The Balaban J connectivity index is 2.07. The first-order chi connectivity index (χ1) is 11.0. The number of hydrogen-bond donors (Lipinski definition) is 2. The van der Waals surface area contributed by atoms with Gasteiger partial charge in [0.15, 0.2) is 0 Å². The van der Waals surface area contributed by atoms with Gasteiger partial charge in [-0.25, -0.2) is 0 Å². The van der Waals surface area contributed by atoms with Crippen LogP contribution < -0.4 is 10.6 Å². The smallest absolute Gasteiger partial charge is 0.270 e. The summed E-state index contributed by atoms with van der Waals surface area (Å²) in [7, 11) is 1.66. The molecule has 0 spiro atoms. The van der Waals surface area contributed by atoms with Crippen LogP contribution in [0.3, 0.4) is 0 Å². The second-order valence-electron chi connectivity index (χ2n) is 6.18. The molecule has 126 valence electrons. The molecule has 0 aliphatic carbocycles. The summed E-state index contributed by atoms with van der Waals surface area (Å²) in [5.41, 5.74) is 0.866. The zero-order valence-electron chi connectivity index (χ0n) is 13.6. The van der Waals surface area contributed by atoms with Gasteiger partial charge in [-0.3, -0.25) is 14.9 Å². The van der Waals surface area contributed by atoms with Crippen LogP contribution in [0.15, 0.2) is 18.2 Å². The van der Waals surface area contributed by atoms with Gasteiger partial charge in [-0.15, -0.1) is 0 Å². The zero-order chi connectivity index (χ0) is 16.9. The van der Waals surface area contributed by atoms with E-state index in [0.717, 1.165) is 25.9 Å². The quantitative estimate of drug-likeness (QED) is 0.614. The number of benzene rings is 1. The van der Waals surface area contributed by atoms with Gasteiger partial charge in [-0.1, -0.05) is 0 Å². The lowest BCUT2D eigenvalue weighted by Gasteiger charge is -2.37. The molecule has 0 saturated carbocycles. The van der Waals surface area contributed by atoms with E-state index in [1.807, 2.05) is 0 Å². The van der Waals surface area contributed by atoms with Gasteiger partial charge < -0.3 is 15.4 Å². The van der Waals surface area contributed by atoms with E-state index in [-0.39, 0.29) is 17.0 Å². The van der Waals surface area contributed by atoms with Gasteiger partial charge in [0, 0.05) is 36.8 Å². The maximum Gasteiger partial charge on any atom is 0.270 e. The van der Waals surface area contributed by atoms with Crippen LogP contribution in [0.25, 0.3) is 0 Å². The van der Waals surface area contributed by atoms with Crippen molar-refractivity contribution in [2.75, 3.05) is 33.4 Å². The predicted octanol–water partition coefficient (Wildman–Crippen LogP) is 1.65. The Labute approximate surface area is 135 Å². The molecule has 1 heterocycles. The molecule has 0 atom stereocenters. The largest absolute Gasteiger partial charge is 0.384 e. The summed E-state index contributed by atoms with van der Waals surface area (Å²) >= 11 is 0. The fraction of sp³-hybridized carbons (Fsp3) is 0.562. The Kier molecular flexibility index (Phi) is 5.68. The molecule has 1 aromatic rings. The van der Waals surface area contributed by atoms with E-state index in [1.165, 1.54) is 12.1 Å². The van der Waals surface area contributed by atoms with Gasteiger partial charge in [0.2, 0.25) is 0 Å². The summed E-state index contributed by atoms with van der Waals surface area (Å²) in [6.07, 6.45) is 1.85. The number of ether oxygens (including phenoxy) is 1. The Bertz CT molecular complexity index is 577. The zero-order valence-corrected chi connectivity index (χ0v) is 13.6. The molecule has 1 aliphatic rings. The monoisotopic (exact) mass is 321 g/mol. The minimum absolute atomic E-state index is 0.0661. The average molecular weight is 321 g/mol. The molecule has 1 amide bonds. The lowest BCUT2D eigenvalue weighted by atomic mass is 9.79. The first-order valence-corrected chi connectivity index (χ1v) is 7.70. The second-order valence-corrected chi connectivity index (χ2v) is 6.18. The lowest BCUT2D eigenvalue weighted by molar-refractivity contribution is -0.384. The van der Waals surface area contributed by atoms with Crippen molar-refractivity contribution in [1.29, 1.82) is 0 Å². The molecule has 1 aromatic carbocycles. The number of carbonyl (C=O) groups is 1. The van der Waals surface area contributed by atoms with E-state index in [0.29, 0.717) is 24.3 Å². The molecule has 0 radical (unpaired) electrons. The minimum atomic E-state index is -0.483. The van der Waals surface area contributed by atoms with Crippen molar-refractivity contribution < 1.29 is 14.5 Å². The maximum absolute atomic E-state index is 12.4. The van der Waals surface area contributed by atoms with E-state index in [9.17, 15) is 14.9 Å². The Morgan fingerprint density at radius 2 is 2.09 bits per heavy atom. The number of aryl methyl sites for hydroxylation is 1. The van der Waals surface area contributed by atoms with Crippen LogP contribution >= 0.6 is 0 Å². The molecule has 0 bridgehead atoms. The van der Waals surface area contributed by atoms with Crippen molar-refractivity contribution in [3.05, 3.63) is 39.4 Å². The molecule has 1 fully saturated rings. The van der Waals surface area contributed by atoms with Crippen LogP contribution in [-0.4, -0.2) is 44.2 Å². The number of non-ortho nitro benzene ring substituents is 1. The molecule has 2 N–H and O–H groups in total. The first kappa shape index (κ1) is 17.4. The van der Waals surface area contributed by atoms with Crippen molar-refractivity contribution in [1.82, 2.24) is 10.6 Å². The molecule has 0 aromatic heterocycles. The van der Waals surface area contributed by atoms with Crippen LogP contribution in [0, 0.1) is 22.5 Å². The number of carbonyl (C=O) groups excluding carboxylic acids is 1. The first-order valence-electron chi connectivity index (χ1n) is 7.70. The van der Waals surface area contributed by atoms with E-state index in [2.05, 4.69) is 10.6 Å². The highest BCUT2D eigenvalue weighted by Gasteiger charge is 2.32. The average Bonchev–Trinajstić information content (AvgIpc) is 2.53. The predicted molar refractivity (Wildman–Crippen MR) is 86.6 cm³/mol. The highest BCUT2D eigenvalue weighted by Crippen LogP contribution is 2.28. The molecule has 2 rings (SSSR count). The summed E-state index contributed by atoms with van der Waals surface area (Å²) in [6.45, 7) is 4.62. The molecule has 1 saturated heterocycles. The Hall–Kier alpha value is -1.99. The SMILES string of the molecule is COCC1(CNC(=O)c2cc(C)cc([N+](=O)[O-])c2)CCNCC1. The van der Waals surface area contributed by atoms with Crippen LogP contribution in [0.5, 0.6) is 0 Å². The van der Waals surface area contributed by atoms with Crippen molar-refractivity contribution in [3.63, 3.8) is 0 Å². The number of rotatable bonds is 6. The molecule has 0 unspecified atom stereocenters. The highest BCUT2D eigenvalue weighted by atomic mass is 16.6. The molecule has 7 nitrogen and oxygen atoms in total. The van der Waals surface area contributed by atoms with E-state index < -0.39 is 4.92 Å². The molecular weight excluding hydrogens is 298 g/mol. The summed E-state index contributed by atoms with van der Waals surface area (Å²) in [5, 5.41) is 17.1. The van der Waals surface area contributed by atoms with Crippen molar-refractivity contribution >= 4 is 11.6 Å². The van der Waals surface area contributed by atoms with E-state index >= 15 is 0 Å². The number of nitro groups is 1. The molecular formula is C16H23N3O4. The third-order valence-corrected chi connectivity index (χ3v) is 4.27. The third kappa shape index (κ3) is 4.49. The van der Waals surface area contributed by atoms with Crippen LogP contribution in [0.1, 0.15) is 28.8 Å². The summed E-state index contributed by atoms with van der Waals surface area (Å²) in [5.74, 6) is -0.286. The lowest BCUT2D eigenvalue weighted by Crippen LogP contribution is -2.47. The topological polar surface area (TPSA) is 93.5 Å². The fourth-order valence-corrected chi connectivity index (χ4v) is 3.00. The van der Waals surface area contributed by atoms with Crippen molar-refractivity contribution in [2.24, 2.45) is 5.41 Å². The molecule has 23 heavy (non-hydrogen) atoms. The van der Waals surface area contributed by atoms with Crippen LogP contribution in [0.2, 0.25) is 0 Å². The normalized spacial score (nSPS) is 16.8. The summed E-state index contributed by atoms with van der Waals surface area (Å²) in [4.78, 5) is 22.8. The van der Waals surface area contributed by atoms with Gasteiger partial charge in [-0.05, 0) is 44.5 Å². The van der Waals surface area contributed by atoms with Gasteiger partial charge in [0.05, 0.1) is 11.5 Å². The van der Waals surface area contributed by atoms with Crippen molar-refractivity contribution in [3.8, 4) is 0 Å². The van der Waals surface area contributed by atoms with Gasteiger partial charge in [0.1, 0.15) is 0 Å².